The Morgan fingerprint density at radius 2 is 2.12 bits per heavy atom. The summed E-state index contributed by atoms with van der Waals surface area (Å²) in [4.78, 5) is 2.67. The quantitative estimate of drug-likeness (QED) is 0.717. The van der Waals surface area contributed by atoms with Gasteiger partial charge in [0.25, 0.3) is 0 Å². The summed E-state index contributed by atoms with van der Waals surface area (Å²) in [6.45, 7) is 5.21. The van der Waals surface area contributed by atoms with E-state index >= 15 is 0 Å². The maximum absolute atomic E-state index is 8.10. The third-order valence-corrected chi connectivity index (χ3v) is 5.29. The zero-order chi connectivity index (χ0) is 11.5. The summed E-state index contributed by atoms with van der Waals surface area (Å²) in [7, 11) is 0. The molecule has 0 aromatic carbocycles. The van der Waals surface area contributed by atoms with E-state index in [1.807, 2.05) is 5.31 Å². The zero-order valence-corrected chi connectivity index (χ0v) is 9.95. The van der Waals surface area contributed by atoms with Gasteiger partial charge in [0, 0.05) is 36.6 Å². The summed E-state index contributed by atoms with van der Waals surface area (Å²) in [6.07, 6.45) is 6.51. The maximum Gasteiger partial charge on any atom is 0.123 e. The van der Waals surface area contributed by atoms with Crippen LogP contribution in [0.3, 0.4) is 0 Å². The number of nitrogens with one attached hydrogen (secondary N) is 1. The lowest BCUT2D eigenvalue weighted by molar-refractivity contribution is -0.188. The van der Waals surface area contributed by atoms with Crippen molar-refractivity contribution in [3.63, 3.8) is 0 Å². The molecule has 2 heterocycles. The Kier molecular flexibility index (Phi) is 1.79. The van der Waals surface area contributed by atoms with Crippen molar-refractivity contribution in [2.75, 3.05) is 32.8 Å². The molecule has 0 bridgehead atoms. The second-order valence-electron chi connectivity index (χ2n) is 6.48. The fourth-order valence-corrected chi connectivity index (χ4v) is 3.96. The average molecular weight is 223 g/mol. The summed E-state index contributed by atoms with van der Waals surface area (Å²) in [5.41, 5.74) is 0.812. The lowest BCUT2D eigenvalue weighted by atomic mass is 9.63. The number of hydrogen-bond acceptors (Lipinski definition) is 3. The molecule has 0 aromatic rings. The molecule has 2 saturated heterocycles. The Morgan fingerprint density at radius 1 is 1.31 bits per heavy atom. The minimum Gasteiger partial charge on any atom is -0.380 e. The average Bonchev–Trinajstić information content (AvgIpc) is 2.13. The fourth-order valence-electron chi connectivity index (χ4n) is 3.96. The fraction of sp³-hybridized carbons (Fsp3) is 1.00. The second kappa shape index (κ2) is 3.21. The van der Waals surface area contributed by atoms with E-state index in [4.69, 9.17) is 6.15 Å². The predicted molar refractivity (Wildman–Crippen MR) is 62.4 cm³/mol. The standard InChI is InChI=1S/C13H22N2O/c1-2-13(3-1)8-15(5-4-14-13)11-6-12(7-11)9-16-10-12/h11,14H,1-10H2/i/hD. The molecule has 0 unspecified atom stereocenters. The topological polar surface area (TPSA) is 24.5 Å². The SMILES string of the molecule is [2H]N1CCN(C2CC3(COC3)C2)CC12CCC2. The third-order valence-electron chi connectivity index (χ3n) is 5.29. The van der Waals surface area contributed by atoms with E-state index < -0.39 is 0 Å². The van der Waals surface area contributed by atoms with Gasteiger partial charge in [-0.05, 0) is 32.1 Å². The van der Waals surface area contributed by atoms with Crippen molar-refractivity contribution in [1.82, 2.24) is 10.2 Å². The maximum atomic E-state index is 8.10. The minimum absolute atomic E-state index is 0.233. The highest BCUT2D eigenvalue weighted by atomic mass is 16.5. The van der Waals surface area contributed by atoms with Crippen molar-refractivity contribution in [2.45, 2.75) is 43.7 Å². The van der Waals surface area contributed by atoms with Crippen LogP contribution in [-0.2, 0) is 4.74 Å². The molecule has 4 rings (SSSR count). The van der Waals surface area contributed by atoms with Crippen LogP contribution in [-0.4, -0.2) is 49.3 Å². The van der Waals surface area contributed by atoms with Gasteiger partial charge in [-0.1, -0.05) is 0 Å². The molecule has 90 valence electrons. The molecule has 0 radical (unpaired) electrons. The van der Waals surface area contributed by atoms with E-state index in [-0.39, 0.29) is 5.54 Å². The van der Waals surface area contributed by atoms with Crippen molar-refractivity contribution in [2.24, 2.45) is 5.41 Å². The van der Waals surface area contributed by atoms with E-state index in [1.54, 1.807) is 0 Å². The van der Waals surface area contributed by atoms with Crippen molar-refractivity contribution in [3.05, 3.63) is 0 Å². The van der Waals surface area contributed by atoms with Crippen LogP contribution < -0.4 is 5.31 Å². The summed E-state index contributed by atoms with van der Waals surface area (Å²) in [6, 6.07) is 0.796. The highest BCUT2D eigenvalue weighted by molar-refractivity contribution is 5.07. The highest BCUT2D eigenvalue weighted by Crippen LogP contribution is 2.49. The number of rotatable bonds is 1. The van der Waals surface area contributed by atoms with Crippen LogP contribution in [0, 0.1) is 5.41 Å². The van der Waals surface area contributed by atoms with Crippen LogP contribution in [0.15, 0.2) is 0 Å². The summed E-state index contributed by atoms with van der Waals surface area (Å²) >= 11 is 0. The molecule has 2 saturated carbocycles. The van der Waals surface area contributed by atoms with Gasteiger partial charge in [0.1, 0.15) is 1.41 Å². The first kappa shape index (κ1) is 8.90. The summed E-state index contributed by atoms with van der Waals surface area (Å²) in [5, 5.41) is 1.88. The number of piperazine rings is 1. The van der Waals surface area contributed by atoms with E-state index in [9.17, 15) is 0 Å². The first-order valence-corrected chi connectivity index (χ1v) is 6.80. The molecule has 16 heavy (non-hydrogen) atoms. The van der Waals surface area contributed by atoms with Gasteiger partial charge in [0.2, 0.25) is 0 Å². The molecular weight excluding hydrogens is 200 g/mol. The molecule has 1 N–H and O–H groups in total. The Morgan fingerprint density at radius 3 is 2.69 bits per heavy atom. The zero-order valence-electron chi connectivity index (χ0n) is 11.0. The molecule has 0 amide bonds. The van der Waals surface area contributed by atoms with Crippen LogP contribution in [0.2, 0.25) is 1.41 Å². The van der Waals surface area contributed by atoms with Gasteiger partial charge < -0.3 is 10.0 Å². The molecule has 0 atom stereocenters. The monoisotopic (exact) mass is 223 g/mol. The van der Waals surface area contributed by atoms with Crippen LogP contribution in [0.1, 0.15) is 32.1 Å². The predicted octanol–water partition coefficient (Wildman–Crippen LogP) is 0.993. The minimum atomic E-state index is 0.233. The highest BCUT2D eigenvalue weighted by Gasteiger charge is 2.53. The van der Waals surface area contributed by atoms with Gasteiger partial charge in [-0.25, -0.2) is 0 Å². The van der Waals surface area contributed by atoms with E-state index in [1.165, 1.54) is 32.1 Å². The van der Waals surface area contributed by atoms with Crippen molar-refractivity contribution < 1.29 is 6.15 Å². The van der Waals surface area contributed by atoms with Gasteiger partial charge in [-0.2, -0.15) is 0 Å². The molecule has 2 spiro atoms. The van der Waals surface area contributed by atoms with Crippen LogP contribution in [0.4, 0.5) is 0 Å². The summed E-state index contributed by atoms with van der Waals surface area (Å²) in [5.74, 6) is 0. The summed E-state index contributed by atoms with van der Waals surface area (Å²) < 4.78 is 13.4. The number of nitrogens with zero attached hydrogens (tertiary/aromatic N) is 1. The Balaban J connectivity index is 1.39. The molecular formula is C13H22N2O. The molecule has 2 aliphatic carbocycles. The van der Waals surface area contributed by atoms with Gasteiger partial charge >= 0.3 is 0 Å². The lowest BCUT2D eigenvalue weighted by Gasteiger charge is -2.59. The van der Waals surface area contributed by atoms with Crippen LogP contribution >= 0.6 is 0 Å². The first-order chi connectivity index (χ1) is 8.22. The first-order valence-electron chi connectivity index (χ1n) is 7.25. The molecule has 2 aliphatic heterocycles. The van der Waals surface area contributed by atoms with Crippen molar-refractivity contribution in [3.8, 4) is 0 Å². The third kappa shape index (κ3) is 1.31. The number of ether oxygens (including phenoxy) is 1. The van der Waals surface area contributed by atoms with E-state index in [2.05, 4.69) is 4.90 Å². The molecule has 4 aliphatic rings. The smallest absolute Gasteiger partial charge is 0.123 e. The van der Waals surface area contributed by atoms with Crippen molar-refractivity contribution >= 4 is 0 Å². The van der Waals surface area contributed by atoms with Crippen molar-refractivity contribution in [1.29, 1.82) is 0 Å². The normalized spacial score (nSPS) is 38.9. The van der Waals surface area contributed by atoms with Crippen LogP contribution in [0.25, 0.3) is 0 Å². The van der Waals surface area contributed by atoms with E-state index in [0.29, 0.717) is 5.41 Å². The van der Waals surface area contributed by atoms with E-state index in [0.717, 1.165) is 38.9 Å². The molecule has 3 nitrogen and oxygen atoms in total. The Labute approximate surface area is 99.0 Å². The second-order valence-corrected chi connectivity index (χ2v) is 6.48. The molecule has 3 heteroatoms. The molecule has 0 aromatic heterocycles. The number of hydrogen-bond donors (Lipinski definition) is 1. The largest absolute Gasteiger partial charge is 0.380 e. The Hall–Kier alpha value is -0.120. The molecule has 4 fully saturated rings. The van der Waals surface area contributed by atoms with Gasteiger partial charge in [0.15, 0.2) is 0 Å². The van der Waals surface area contributed by atoms with Gasteiger partial charge in [0.05, 0.1) is 13.2 Å². The van der Waals surface area contributed by atoms with Gasteiger partial charge in [-0.3, -0.25) is 4.90 Å². The lowest BCUT2D eigenvalue weighted by Crippen LogP contribution is -2.69. The van der Waals surface area contributed by atoms with Gasteiger partial charge in [-0.15, -0.1) is 0 Å². The Bertz CT molecular complexity index is 319. The van der Waals surface area contributed by atoms with Crippen LogP contribution in [0.5, 0.6) is 0 Å².